The Hall–Kier alpha value is -2.09. The fourth-order valence-electron chi connectivity index (χ4n) is 0.835. The highest BCUT2D eigenvalue weighted by atomic mass is 35.5. The van der Waals surface area contributed by atoms with E-state index >= 15 is 0 Å². The van der Waals surface area contributed by atoms with Crippen LogP contribution in [0, 0.1) is 20.2 Å². The van der Waals surface area contributed by atoms with E-state index in [0.717, 1.165) is 0 Å². The van der Waals surface area contributed by atoms with Gasteiger partial charge in [-0.25, -0.2) is 20.2 Å². The van der Waals surface area contributed by atoms with Crippen molar-refractivity contribution in [1.29, 1.82) is 0 Å². The summed E-state index contributed by atoms with van der Waals surface area (Å²) in [5.41, 5.74) is 1.53. The second-order valence-electron chi connectivity index (χ2n) is 2.24. The zero-order valence-corrected chi connectivity index (χ0v) is 8.09. The molecule has 0 aliphatic carbocycles. The maximum Gasteiger partial charge on any atom is 0.190 e. The van der Waals surface area contributed by atoms with Crippen LogP contribution in [0.4, 0.5) is 5.69 Å². The Morgan fingerprint density at radius 1 is 1.13 bits per heavy atom. The Kier molecular flexibility index (Phi) is 4.82. The fourth-order valence-corrected chi connectivity index (χ4v) is 0.835. The number of nitrogens with one attached hydrogen (secondary N) is 1. The van der Waals surface area contributed by atoms with E-state index in [1.165, 1.54) is 29.8 Å². The van der Waals surface area contributed by atoms with Gasteiger partial charge in [-0.1, -0.05) is 18.2 Å². The van der Waals surface area contributed by atoms with Crippen molar-refractivity contribution in [2.45, 2.75) is 0 Å². The number of hydrogen-bond donors (Lipinski definition) is 1. The van der Waals surface area contributed by atoms with Gasteiger partial charge in [-0.3, -0.25) is 0 Å². The van der Waals surface area contributed by atoms with Crippen LogP contribution in [0.2, 0.25) is 0 Å². The van der Waals surface area contributed by atoms with Crippen LogP contribution in [-0.2, 0) is 0 Å². The predicted octanol–water partition coefficient (Wildman–Crippen LogP) is 0.803. The number of hydrazine groups is 3. The summed E-state index contributed by atoms with van der Waals surface area (Å²) in [7, 11) is 0. The fraction of sp³-hybridized carbons (Fsp3) is 0. The normalized spacial score (nSPS) is 8.53. The molecule has 0 bridgehead atoms. The van der Waals surface area contributed by atoms with Gasteiger partial charge >= 0.3 is 0 Å². The lowest BCUT2D eigenvalue weighted by Crippen LogP contribution is -2.45. The molecule has 0 fully saturated rings. The number of hydrogen-bond acceptors (Lipinski definition) is 4. The molecular weight excluding hydrogens is 228 g/mol. The molecule has 1 N–H and O–H groups in total. The molecule has 0 heterocycles. The van der Waals surface area contributed by atoms with E-state index < -0.39 is 10.1 Å². The Labute approximate surface area is 90.1 Å². The third-order valence-corrected chi connectivity index (χ3v) is 1.34. The number of para-hydroxylation sites is 1. The Balaban J connectivity index is 0.00000196. The van der Waals surface area contributed by atoms with Crippen LogP contribution < -0.4 is 10.7 Å². The van der Waals surface area contributed by atoms with Crippen molar-refractivity contribution in [2.75, 3.05) is 5.12 Å². The van der Waals surface area contributed by atoms with Gasteiger partial charge < -0.3 is 0 Å². The summed E-state index contributed by atoms with van der Waals surface area (Å²) in [5.74, 6) is 0. The first kappa shape index (κ1) is 12.9. The van der Waals surface area contributed by atoms with Gasteiger partial charge in [0, 0.05) is 5.53 Å². The van der Waals surface area contributed by atoms with Gasteiger partial charge in [0.25, 0.3) is 0 Å². The average Bonchev–Trinajstić information content (AvgIpc) is 2.15. The molecule has 0 amide bonds. The number of halogens is 1. The van der Waals surface area contributed by atoms with Gasteiger partial charge in [-0.15, -0.1) is 12.4 Å². The van der Waals surface area contributed by atoms with Gasteiger partial charge in [0.05, 0.1) is 5.12 Å². The lowest BCUT2D eigenvalue weighted by atomic mass is 10.3. The molecule has 9 heteroatoms. The van der Waals surface area contributed by atoms with Gasteiger partial charge in [-0.05, 0) is 12.1 Å². The lowest BCUT2D eigenvalue weighted by Gasteiger charge is -2.08. The van der Waals surface area contributed by atoms with E-state index in [1.807, 2.05) is 0 Å². The van der Waals surface area contributed by atoms with Crippen molar-refractivity contribution in [1.82, 2.24) is 5.53 Å². The summed E-state index contributed by atoms with van der Waals surface area (Å²) in [6.45, 7) is 0. The Morgan fingerprint density at radius 2 is 1.67 bits per heavy atom. The summed E-state index contributed by atoms with van der Waals surface area (Å²) in [4.78, 5) is 20.4. The van der Waals surface area contributed by atoms with Crippen molar-refractivity contribution in [2.24, 2.45) is 0 Å². The van der Waals surface area contributed by atoms with Gasteiger partial charge in [0.1, 0.15) is 5.69 Å². The zero-order valence-electron chi connectivity index (χ0n) is 7.27. The van der Waals surface area contributed by atoms with Crippen LogP contribution in [0.5, 0.6) is 0 Å². The first-order valence-corrected chi connectivity index (χ1v) is 3.51. The van der Waals surface area contributed by atoms with Crippen LogP contribution in [0.3, 0.4) is 0 Å². The van der Waals surface area contributed by atoms with E-state index in [2.05, 4.69) is 0 Å². The molecule has 1 rings (SSSR count). The molecule has 15 heavy (non-hydrogen) atoms. The Bertz CT molecular complexity index is 346. The summed E-state index contributed by atoms with van der Waals surface area (Å²) in [6, 6.07) is 7.47. The lowest BCUT2D eigenvalue weighted by molar-refractivity contribution is -0.620. The highest BCUT2D eigenvalue weighted by Gasteiger charge is 2.21. The molecule has 0 saturated carbocycles. The second-order valence-corrected chi connectivity index (χ2v) is 2.24. The maximum atomic E-state index is 10.4. The number of anilines is 1. The van der Waals surface area contributed by atoms with Crippen LogP contribution >= 0.6 is 12.4 Å². The number of benzene rings is 1. The molecule has 0 saturated heterocycles. The van der Waals surface area contributed by atoms with Crippen molar-refractivity contribution >= 4 is 18.1 Å². The SMILES string of the molecule is Cl.O=[N+]([O-])NN(c1ccccc1)[N+](=O)[O-]. The first-order valence-electron chi connectivity index (χ1n) is 3.51. The minimum atomic E-state index is -1.00. The molecule has 0 aromatic heterocycles. The Morgan fingerprint density at radius 3 is 2.07 bits per heavy atom. The number of nitro groups is 2. The topological polar surface area (TPSA) is 102 Å². The van der Waals surface area contributed by atoms with Crippen molar-refractivity contribution in [3.05, 3.63) is 50.6 Å². The summed E-state index contributed by atoms with van der Waals surface area (Å²) < 4.78 is 0. The van der Waals surface area contributed by atoms with Gasteiger partial charge in [0.2, 0.25) is 0 Å². The van der Waals surface area contributed by atoms with Crippen LogP contribution in [0.25, 0.3) is 0 Å². The number of nitrogens with zero attached hydrogens (tertiary/aromatic N) is 3. The summed E-state index contributed by atoms with van der Waals surface area (Å²) >= 11 is 0. The zero-order chi connectivity index (χ0) is 10.6. The highest BCUT2D eigenvalue weighted by molar-refractivity contribution is 5.85. The second kappa shape index (κ2) is 5.60. The highest BCUT2D eigenvalue weighted by Crippen LogP contribution is 2.10. The molecular formula is C6H7ClN4O4. The third-order valence-electron chi connectivity index (χ3n) is 1.34. The van der Waals surface area contributed by atoms with E-state index in [4.69, 9.17) is 0 Å². The van der Waals surface area contributed by atoms with Gasteiger partial charge in [-0.2, -0.15) is 0 Å². The van der Waals surface area contributed by atoms with E-state index in [9.17, 15) is 20.2 Å². The van der Waals surface area contributed by atoms with Crippen LogP contribution in [0.15, 0.2) is 30.3 Å². The minimum Gasteiger partial charge on any atom is -0.233 e. The van der Waals surface area contributed by atoms with Crippen molar-refractivity contribution < 1.29 is 10.1 Å². The molecule has 0 unspecified atom stereocenters. The molecule has 0 spiro atoms. The van der Waals surface area contributed by atoms with E-state index in [0.29, 0.717) is 0 Å². The summed E-state index contributed by atoms with van der Waals surface area (Å²) in [5, 5.41) is 18.7. The van der Waals surface area contributed by atoms with Crippen molar-refractivity contribution in [3.8, 4) is 0 Å². The van der Waals surface area contributed by atoms with Gasteiger partial charge in [0.15, 0.2) is 10.1 Å². The molecule has 0 radical (unpaired) electrons. The average molecular weight is 235 g/mol. The number of rotatable bonds is 4. The van der Waals surface area contributed by atoms with Crippen molar-refractivity contribution in [3.63, 3.8) is 0 Å². The molecule has 1 aromatic carbocycles. The molecule has 0 aliphatic rings. The maximum absolute atomic E-state index is 10.4. The monoisotopic (exact) mass is 234 g/mol. The molecule has 82 valence electrons. The molecule has 8 nitrogen and oxygen atoms in total. The van der Waals surface area contributed by atoms with E-state index in [-0.39, 0.29) is 23.2 Å². The van der Waals surface area contributed by atoms with E-state index in [1.54, 1.807) is 6.07 Å². The quantitative estimate of drug-likeness (QED) is 0.611. The predicted molar refractivity (Wildman–Crippen MR) is 53.3 cm³/mol. The molecule has 1 aromatic rings. The molecule has 0 aliphatic heterocycles. The van der Waals surface area contributed by atoms with Crippen LogP contribution in [0.1, 0.15) is 0 Å². The largest absolute Gasteiger partial charge is 0.233 e. The summed E-state index contributed by atoms with van der Waals surface area (Å²) in [6.07, 6.45) is 0. The van der Waals surface area contributed by atoms with Crippen LogP contribution in [-0.4, -0.2) is 10.1 Å². The first-order chi connectivity index (χ1) is 6.61. The smallest absolute Gasteiger partial charge is 0.190 e. The standard InChI is InChI=1S/C6H6N4O4.ClH/c11-9(12)7-8(10(13)14)6-4-2-1-3-5-6;/h1-5,7H;1H. The third kappa shape index (κ3) is 3.65. The molecule has 0 atom stereocenters. The minimum absolute atomic E-state index is 0.